The number of methoxy groups -OCH3 is 1. The van der Waals surface area contributed by atoms with Crippen LogP contribution in [0.3, 0.4) is 0 Å². The Hall–Kier alpha value is -1.12. The number of hydrogen-bond acceptors (Lipinski definition) is 3. The summed E-state index contributed by atoms with van der Waals surface area (Å²) in [7, 11) is 1.15. The molecule has 0 N–H and O–H groups in total. The maximum atomic E-state index is 12.4. The first-order valence-electron chi connectivity index (χ1n) is 4.03. The molecule has 0 spiro atoms. The summed E-state index contributed by atoms with van der Waals surface area (Å²) in [5.41, 5.74) is -1.12. The highest BCUT2D eigenvalue weighted by Crippen LogP contribution is 2.37. The van der Waals surface area contributed by atoms with Gasteiger partial charge in [0.15, 0.2) is 17.2 Å². The van der Waals surface area contributed by atoms with Crippen LogP contribution in [0.5, 0.6) is 11.5 Å². The Labute approximate surface area is 101 Å². The average Bonchev–Trinajstić information content (AvgIpc) is 2.17. The lowest BCUT2D eigenvalue weighted by Gasteiger charge is -2.14. The van der Waals surface area contributed by atoms with E-state index < -0.39 is 24.2 Å². The highest BCUT2D eigenvalue weighted by Gasteiger charge is 2.34. The van der Waals surface area contributed by atoms with Gasteiger partial charge in [0.05, 0.1) is 7.11 Å². The Kier molecular flexibility index (Phi) is 4.12. The SMILES string of the molecule is COc1cc(OC(F)(F)F)c(C(F)F)nc1Br. The monoisotopic (exact) mass is 321 g/mol. The van der Waals surface area contributed by atoms with Crippen molar-refractivity contribution in [3.8, 4) is 11.5 Å². The van der Waals surface area contributed by atoms with Gasteiger partial charge in [0.1, 0.15) is 4.60 Å². The van der Waals surface area contributed by atoms with E-state index in [1.807, 2.05) is 0 Å². The smallest absolute Gasteiger partial charge is 0.494 e. The Bertz CT molecular complexity index is 410. The highest BCUT2D eigenvalue weighted by atomic mass is 79.9. The molecule has 0 aliphatic heterocycles. The Balaban J connectivity index is 3.24. The average molecular weight is 322 g/mol. The van der Waals surface area contributed by atoms with Gasteiger partial charge >= 0.3 is 6.36 Å². The number of aromatic nitrogens is 1. The van der Waals surface area contributed by atoms with Crippen molar-refractivity contribution in [1.29, 1.82) is 0 Å². The molecular weight excluding hydrogens is 317 g/mol. The fourth-order valence-electron chi connectivity index (χ4n) is 0.974. The van der Waals surface area contributed by atoms with Gasteiger partial charge < -0.3 is 9.47 Å². The lowest BCUT2D eigenvalue weighted by Crippen LogP contribution is -2.18. The summed E-state index contributed by atoms with van der Waals surface area (Å²) in [6, 6.07) is 0.687. The van der Waals surface area contributed by atoms with Crippen LogP contribution in [0.1, 0.15) is 12.1 Å². The Morgan fingerprint density at radius 2 is 1.88 bits per heavy atom. The maximum Gasteiger partial charge on any atom is 0.573 e. The largest absolute Gasteiger partial charge is 0.573 e. The third-order valence-corrected chi connectivity index (χ3v) is 2.16. The number of hydrogen-bond donors (Lipinski definition) is 0. The number of nitrogens with zero attached hydrogens (tertiary/aromatic N) is 1. The van der Waals surface area contributed by atoms with Crippen molar-refractivity contribution in [3.05, 3.63) is 16.4 Å². The third-order valence-electron chi connectivity index (χ3n) is 1.59. The minimum Gasteiger partial charge on any atom is -0.494 e. The van der Waals surface area contributed by atoms with E-state index in [4.69, 9.17) is 0 Å². The van der Waals surface area contributed by atoms with E-state index in [1.165, 1.54) is 0 Å². The van der Waals surface area contributed by atoms with Crippen LogP contribution in [0.25, 0.3) is 0 Å². The molecule has 0 bridgehead atoms. The van der Waals surface area contributed by atoms with Crippen molar-refractivity contribution in [2.24, 2.45) is 0 Å². The van der Waals surface area contributed by atoms with Crippen molar-refractivity contribution < 1.29 is 31.4 Å². The van der Waals surface area contributed by atoms with Crippen LogP contribution in [-0.4, -0.2) is 18.5 Å². The van der Waals surface area contributed by atoms with Gasteiger partial charge in [-0.1, -0.05) is 0 Å². The predicted octanol–water partition coefficient (Wildman–Crippen LogP) is 3.69. The third kappa shape index (κ3) is 3.69. The molecule has 0 aliphatic carbocycles. The zero-order valence-electron chi connectivity index (χ0n) is 8.19. The summed E-state index contributed by atoms with van der Waals surface area (Å²) in [6.45, 7) is 0. The van der Waals surface area contributed by atoms with Crippen molar-refractivity contribution in [2.75, 3.05) is 7.11 Å². The number of ether oxygens (including phenoxy) is 2. The Morgan fingerprint density at radius 3 is 2.29 bits per heavy atom. The van der Waals surface area contributed by atoms with E-state index >= 15 is 0 Å². The van der Waals surface area contributed by atoms with Crippen LogP contribution in [0.2, 0.25) is 0 Å². The molecule has 0 saturated carbocycles. The van der Waals surface area contributed by atoms with Gasteiger partial charge in [-0.15, -0.1) is 13.2 Å². The zero-order valence-corrected chi connectivity index (χ0v) is 9.77. The lowest BCUT2D eigenvalue weighted by molar-refractivity contribution is -0.275. The summed E-state index contributed by atoms with van der Waals surface area (Å²) >= 11 is 2.78. The number of alkyl halides is 5. The van der Waals surface area contributed by atoms with E-state index in [2.05, 4.69) is 30.4 Å². The maximum absolute atomic E-state index is 12.4. The molecule has 96 valence electrons. The van der Waals surface area contributed by atoms with Crippen LogP contribution in [0.15, 0.2) is 10.7 Å². The minimum absolute atomic E-state index is 0.134. The van der Waals surface area contributed by atoms with Crippen molar-refractivity contribution in [1.82, 2.24) is 4.98 Å². The van der Waals surface area contributed by atoms with Gasteiger partial charge in [-0.25, -0.2) is 13.8 Å². The molecule has 0 radical (unpaired) electrons. The summed E-state index contributed by atoms with van der Waals surface area (Å²) in [5, 5.41) is 0. The van der Waals surface area contributed by atoms with Crippen molar-refractivity contribution in [3.63, 3.8) is 0 Å². The molecule has 1 aromatic rings. The summed E-state index contributed by atoms with van der Waals surface area (Å²) < 4.78 is 68.8. The molecule has 9 heteroatoms. The van der Waals surface area contributed by atoms with Crippen LogP contribution in [0.4, 0.5) is 22.0 Å². The summed E-state index contributed by atoms with van der Waals surface area (Å²) in [5.74, 6) is -1.23. The normalized spacial score (nSPS) is 11.8. The first-order chi connectivity index (χ1) is 7.74. The molecule has 0 unspecified atom stereocenters. The van der Waals surface area contributed by atoms with Crippen LogP contribution >= 0.6 is 15.9 Å². The first kappa shape index (κ1) is 13.9. The van der Waals surface area contributed by atoms with Gasteiger partial charge in [-0.3, -0.25) is 0 Å². The van der Waals surface area contributed by atoms with Crippen molar-refractivity contribution in [2.45, 2.75) is 12.8 Å². The number of halogens is 6. The molecule has 1 heterocycles. The van der Waals surface area contributed by atoms with Crippen LogP contribution in [0, 0.1) is 0 Å². The molecule has 0 saturated heterocycles. The van der Waals surface area contributed by atoms with Gasteiger partial charge in [0.2, 0.25) is 0 Å². The molecule has 17 heavy (non-hydrogen) atoms. The topological polar surface area (TPSA) is 31.4 Å². The zero-order chi connectivity index (χ0) is 13.2. The van der Waals surface area contributed by atoms with E-state index in [-0.39, 0.29) is 10.4 Å². The van der Waals surface area contributed by atoms with E-state index in [9.17, 15) is 22.0 Å². The lowest BCUT2D eigenvalue weighted by atomic mass is 10.3. The molecule has 0 aliphatic rings. The molecule has 1 aromatic heterocycles. The van der Waals surface area contributed by atoms with E-state index in [0.29, 0.717) is 6.07 Å². The van der Waals surface area contributed by atoms with Crippen molar-refractivity contribution >= 4 is 15.9 Å². The van der Waals surface area contributed by atoms with Crippen LogP contribution in [-0.2, 0) is 0 Å². The van der Waals surface area contributed by atoms with Gasteiger partial charge in [0.25, 0.3) is 6.43 Å². The van der Waals surface area contributed by atoms with E-state index in [0.717, 1.165) is 7.11 Å². The van der Waals surface area contributed by atoms with E-state index in [1.54, 1.807) is 0 Å². The number of pyridine rings is 1. The number of rotatable bonds is 3. The molecule has 0 amide bonds. The Morgan fingerprint density at radius 1 is 1.29 bits per heavy atom. The predicted molar refractivity (Wildman–Crippen MR) is 50.1 cm³/mol. The molecule has 1 rings (SSSR count). The summed E-state index contributed by atoms with van der Waals surface area (Å²) in [4.78, 5) is 3.24. The second-order valence-corrected chi connectivity index (χ2v) is 3.46. The highest BCUT2D eigenvalue weighted by molar-refractivity contribution is 9.10. The fraction of sp³-hybridized carbons (Fsp3) is 0.375. The fourth-order valence-corrected chi connectivity index (χ4v) is 1.44. The minimum atomic E-state index is -5.08. The molecule has 0 atom stereocenters. The molecule has 0 aromatic carbocycles. The second-order valence-electron chi connectivity index (χ2n) is 2.71. The second kappa shape index (κ2) is 5.03. The quantitative estimate of drug-likeness (QED) is 0.628. The summed E-state index contributed by atoms with van der Waals surface area (Å²) in [6.07, 6.45) is -8.28. The first-order valence-corrected chi connectivity index (χ1v) is 4.82. The van der Waals surface area contributed by atoms with Crippen LogP contribution < -0.4 is 9.47 Å². The van der Waals surface area contributed by atoms with Gasteiger partial charge in [-0.05, 0) is 15.9 Å². The van der Waals surface area contributed by atoms with Gasteiger partial charge in [0, 0.05) is 6.07 Å². The molecular formula is C8H5BrF5NO2. The molecule has 3 nitrogen and oxygen atoms in total. The van der Waals surface area contributed by atoms with Gasteiger partial charge in [-0.2, -0.15) is 0 Å². The standard InChI is InChI=1S/C8H5BrF5NO2/c1-16-4-2-3(17-8(12,13)14)5(7(10)11)15-6(4)9/h2,7H,1H3. The molecule has 0 fully saturated rings.